The van der Waals surface area contributed by atoms with Crippen LogP contribution in [-0.4, -0.2) is 23.9 Å². The quantitative estimate of drug-likeness (QED) is 0.711. The standard InChI is InChI=1S/C13H18ClN/c1-11-4-6-12(7-5-11)13(10-14)15-8-2-3-9-15/h4-7,13H,2-3,8-10H2,1H3. The molecule has 0 aromatic heterocycles. The van der Waals surface area contributed by atoms with Crippen LogP contribution in [0, 0.1) is 6.92 Å². The number of likely N-dealkylation sites (tertiary alicyclic amines) is 1. The molecule has 1 atom stereocenters. The van der Waals surface area contributed by atoms with Crippen LogP contribution in [0.15, 0.2) is 24.3 Å². The van der Waals surface area contributed by atoms with E-state index < -0.39 is 0 Å². The minimum absolute atomic E-state index is 0.412. The Hall–Kier alpha value is -0.530. The summed E-state index contributed by atoms with van der Waals surface area (Å²) in [5, 5.41) is 0. The summed E-state index contributed by atoms with van der Waals surface area (Å²) in [7, 11) is 0. The second kappa shape index (κ2) is 5.00. The molecule has 1 aromatic rings. The summed E-state index contributed by atoms with van der Waals surface area (Å²) in [6.07, 6.45) is 2.64. The minimum Gasteiger partial charge on any atom is -0.295 e. The minimum atomic E-state index is 0.412. The van der Waals surface area contributed by atoms with Crippen molar-refractivity contribution in [2.75, 3.05) is 19.0 Å². The molecule has 1 fully saturated rings. The van der Waals surface area contributed by atoms with Gasteiger partial charge in [0.25, 0.3) is 0 Å². The Kier molecular flexibility index (Phi) is 3.66. The van der Waals surface area contributed by atoms with Crippen molar-refractivity contribution in [3.8, 4) is 0 Å². The second-order valence-corrected chi connectivity index (χ2v) is 4.63. The van der Waals surface area contributed by atoms with E-state index in [-0.39, 0.29) is 0 Å². The van der Waals surface area contributed by atoms with E-state index in [1.165, 1.54) is 37.1 Å². The zero-order valence-electron chi connectivity index (χ0n) is 9.25. The van der Waals surface area contributed by atoms with Gasteiger partial charge >= 0.3 is 0 Å². The smallest absolute Gasteiger partial charge is 0.0483 e. The normalized spacial score (nSPS) is 19.3. The molecule has 0 N–H and O–H groups in total. The Bertz CT molecular complexity index is 301. The van der Waals surface area contributed by atoms with Crippen LogP contribution in [0.2, 0.25) is 0 Å². The van der Waals surface area contributed by atoms with Crippen molar-refractivity contribution in [2.24, 2.45) is 0 Å². The highest BCUT2D eigenvalue weighted by molar-refractivity contribution is 6.18. The molecule has 1 aromatic carbocycles. The fourth-order valence-corrected chi connectivity index (χ4v) is 2.61. The molecule has 2 rings (SSSR count). The SMILES string of the molecule is Cc1ccc(C(CCl)N2CCCC2)cc1. The molecule has 0 amide bonds. The van der Waals surface area contributed by atoms with Crippen LogP contribution in [0.3, 0.4) is 0 Å². The molecule has 1 unspecified atom stereocenters. The summed E-state index contributed by atoms with van der Waals surface area (Å²) >= 11 is 6.08. The summed E-state index contributed by atoms with van der Waals surface area (Å²) in [6, 6.07) is 9.17. The van der Waals surface area contributed by atoms with E-state index >= 15 is 0 Å². The van der Waals surface area contributed by atoms with Crippen molar-refractivity contribution in [3.63, 3.8) is 0 Å². The van der Waals surface area contributed by atoms with E-state index in [0.717, 1.165) is 0 Å². The van der Waals surface area contributed by atoms with Gasteiger partial charge in [0.2, 0.25) is 0 Å². The summed E-state index contributed by atoms with van der Waals surface area (Å²) in [6.45, 7) is 4.52. The molecule has 0 bridgehead atoms. The maximum absolute atomic E-state index is 6.08. The summed E-state index contributed by atoms with van der Waals surface area (Å²) < 4.78 is 0. The Morgan fingerprint density at radius 1 is 1.20 bits per heavy atom. The zero-order valence-corrected chi connectivity index (χ0v) is 10.0. The number of aryl methyl sites for hydroxylation is 1. The van der Waals surface area contributed by atoms with Crippen molar-refractivity contribution >= 4 is 11.6 Å². The molecule has 0 radical (unpaired) electrons. The molecule has 1 saturated heterocycles. The van der Waals surface area contributed by atoms with E-state index in [4.69, 9.17) is 11.6 Å². The fourth-order valence-electron chi connectivity index (χ4n) is 2.24. The molecule has 15 heavy (non-hydrogen) atoms. The molecule has 82 valence electrons. The first kappa shape index (κ1) is 11.0. The topological polar surface area (TPSA) is 3.24 Å². The average Bonchev–Trinajstić information content (AvgIpc) is 2.75. The van der Waals surface area contributed by atoms with Gasteiger partial charge in [0.15, 0.2) is 0 Å². The molecule has 1 nitrogen and oxygen atoms in total. The predicted octanol–water partition coefficient (Wildman–Crippen LogP) is 3.37. The average molecular weight is 224 g/mol. The monoisotopic (exact) mass is 223 g/mol. The highest BCUT2D eigenvalue weighted by Crippen LogP contribution is 2.26. The lowest BCUT2D eigenvalue weighted by atomic mass is 10.1. The number of hydrogen-bond acceptors (Lipinski definition) is 1. The zero-order chi connectivity index (χ0) is 10.7. The van der Waals surface area contributed by atoms with Gasteiger partial charge in [0.1, 0.15) is 0 Å². The fraction of sp³-hybridized carbons (Fsp3) is 0.538. The van der Waals surface area contributed by atoms with Gasteiger partial charge < -0.3 is 0 Å². The van der Waals surface area contributed by atoms with E-state index in [9.17, 15) is 0 Å². The third kappa shape index (κ3) is 2.53. The lowest BCUT2D eigenvalue weighted by Crippen LogP contribution is -2.26. The number of rotatable bonds is 3. The summed E-state index contributed by atoms with van der Waals surface area (Å²) in [5.41, 5.74) is 2.67. The van der Waals surface area contributed by atoms with E-state index in [0.29, 0.717) is 11.9 Å². The molecule has 0 spiro atoms. The molecule has 1 heterocycles. The Morgan fingerprint density at radius 3 is 2.33 bits per heavy atom. The Morgan fingerprint density at radius 2 is 1.80 bits per heavy atom. The van der Waals surface area contributed by atoms with Gasteiger partial charge in [0, 0.05) is 11.9 Å². The van der Waals surface area contributed by atoms with Gasteiger partial charge in [-0.05, 0) is 38.4 Å². The second-order valence-electron chi connectivity index (χ2n) is 4.32. The van der Waals surface area contributed by atoms with E-state index in [1.54, 1.807) is 0 Å². The Balaban J connectivity index is 2.14. The number of nitrogens with zero attached hydrogens (tertiary/aromatic N) is 1. The summed E-state index contributed by atoms with van der Waals surface area (Å²) in [5.74, 6) is 0.697. The third-order valence-corrected chi connectivity index (χ3v) is 3.48. The number of alkyl halides is 1. The first-order valence-electron chi connectivity index (χ1n) is 5.68. The largest absolute Gasteiger partial charge is 0.295 e. The highest BCUT2D eigenvalue weighted by atomic mass is 35.5. The number of hydrogen-bond donors (Lipinski definition) is 0. The lowest BCUT2D eigenvalue weighted by molar-refractivity contribution is 0.266. The number of halogens is 1. The third-order valence-electron chi connectivity index (χ3n) is 3.19. The van der Waals surface area contributed by atoms with Crippen LogP contribution in [0.25, 0.3) is 0 Å². The van der Waals surface area contributed by atoms with Gasteiger partial charge in [-0.15, -0.1) is 11.6 Å². The van der Waals surface area contributed by atoms with Crippen LogP contribution in [0.1, 0.15) is 30.0 Å². The lowest BCUT2D eigenvalue weighted by Gasteiger charge is -2.26. The van der Waals surface area contributed by atoms with Crippen LogP contribution in [0.4, 0.5) is 0 Å². The van der Waals surface area contributed by atoms with Crippen LogP contribution in [0.5, 0.6) is 0 Å². The van der Waals surface area contributed by atoms with Gasteiger partial charge in [-0.3, -0.25) is 4.90 Å². The van der Waals surface area contributed by atoms with Crippen molar-refractivity contribution in [3.05, 3.63) is 35.4 Å². The van der Waals surface area contributed by atoms with Gasteiger partial charge in [-0.1, -0.05) is 29.8 Å². The van der Waals surface area contributed by atoms with Crippen molar-refractivity contribution < 1.29 is 0 Å². The molecule has 1 aliphatic heterocycles. The molecule has 0 saturated carbocycles. The Labute approximate surface area is 97.0 Å². The molecule has 1 aliphatic rings. The van der Waals surface area contributed by atoms with Crippen LogP contribution in [-0.2, 0) is 0 Å². The molecule has 2 heteroatoms. The van der Waals surface area contributed by atoms with E-state index in [1.807, 2.05) is 0 Å². The molecule has 0 aliphatic carbocycles. The van der Waals surface area contributed by atoms with Gasteiger partial charge in [-0.25, -0.2) is 0 Å². The highest BCUT2D eigenvalue weighted by Gasteiger charge is 2.22. The van der Waals surface area contributed by atoms with Crippen molar-refractivity contribution in [1.82, 2.24) is 4.90 Å². The predicted molar refractivity (Wildman–Crippen MR) is 65.4 cm³/mol. The van der Waals surface area contributed by atoms with Gasteiger partial charge in [0.05, 0.1) is 0 Å². The maximum atomic E-state index is 6.08. The maximum Gasteiger partial charge on any atom is 0.0483 e. The summed E-state index contributed by atoms with van der Waals surface area (Å²) in [4.78, 5) is 2.50. The van der Waals surface area contributed by atoms with Crippen molar-refractivity contribution in [1.29, 1.82) is 0 Å². The molecular formula is C13H18ClN. The molecular weight excluding hydrogens is 206 g/mol. The van der Waals surface area contributed by atoms with Crippen LogP contribution >= 0.6 is 11.6 Å². The van der Waals surface area contributed by atoms with Gasteiger partial charge in [-0.2, -0.15) is 0 Å². The first-order valence-corrected chi connectivity index (χ1v) is 6.21. The van der Waals surface area contributed by atoms with Crippen LogP contribution < -0.4 is 0 Å². The van der Waals surface area contributed by atoms with Crippen molar-refractivity contribution in [2.45, 2.75) is 25.8 Å². The first-order chi connectivity index (χ1) is 7.31. The number of benzene rings is 1. The van der Waals surface area contributed by atoms with E-state index in [2.05, 4.69) is 36.1 Å².